The molecule has 8 aromatic carbocycles. The first-order chi connectivity index (χ1) is 28.1. The lowest BCUT2D eigenvalue weighted by atomic mass is 9.91. The Balaban J connectivity index is 1.27. The number of benzene rings is 8. The van der Waals surface area contributed by atoms with E-state index in [1.807, 2.05) is 121 Å². The number of nitrogens with zero attached hydrogens (tertiary/aromatic N) is 1. The van der Waals surface area contributed by atoms with Crippen molar-refractivity contribution >= 4 is 44.9 Å². The summed E-state index contributed by atoms with van der Waals surface area (Å²) in [6.45, 7) is 0. The number of hydrogen-bond acceptors (Lipinski definition) is 3. The molecule has 10 aromatic rings. The molecule has 57 heavy (non-hydrogen) atoms. The van der Waals surface area contributed by atoms with Crippen LogP contribution in [0.2, 0.25) is 0 Å². The zero-order chi connectivity index (χ0) is 38.2. The molecule has 0 amide bonds. The fourth-order valence-electron chi connectivity index (χ4n) is 7.98. The average molecular weight is 750 g/mol. The Morgan fingerprint density at radius 3 is 1.37 bits per heavy atom. The van der Waals surface area contributed by atoms with Crippen LogP contribution in [0.4, 0.5) is 0 Å². The van der Waals surface area contributed by atoms with Crippen LogP contribution in [0.3, 0.4) is 0 Å². The van der Waals surface area contributed by atoms with Gasteiger partial charge < -0.3 is 8.98 Å². The molecule has 3 nitrogen and oxygen atoms in total. The SMILES string of the molecule is O=P(c1ccccc1)(c1ccccc1)c1ccc(-c2c(-c3cc(-c4ccccc4)cc(-c4ccccc4)c3)oc3c2c(-c2ccccc2)nc2ccccc23)cc1. The van der Waals surface area contributed by atoms with Crippen LogP contribution in [0, 0.1) is 0 Å². The Labute approximate surface area is 331 Å². The molecule has 0 bridgehead atoms. The first-order valence-corrected chi connectivity index (χ1v) is 20.8. The molecule has 10 rings (SSSR count). The minimum absolute atomic E-state index is 0.748. The maximum atomic E-state index is 15.4. The molecule has 0 spiro atoms. The average Bonchev–Trinajstić information content (AvgIpc) is 3.71. The smallest absolute Gasteiger partial charge is 0.171 e. The topological polar surface area (TPSA) is 43.1 Å². The summed E-state index contributed by atoms with van der Waals surface area (Å²) in [5, 5.41) is 4.24. The third-order valence-corrected chi connectivity index (χ3v) is 13.8. The molecule has 0 aliphatic carbocycles. The molecule has 0 saturated carbocycles. The lowest BCUT2D eigenvalue weighted by Gasteiger charge is -2.20. The normalized spacial score (nSPS) is 11.6. The van der Waals surface area contributed by atoms with Crippen molar-refractivity contribution in [2.24, 2.45) is 0 Å². The number of rotatable bonds is 8. The summed E-state index contributed by atoms with van der Waals surface area (Å²) in [6.07, 6.45) is 0. The number of fused-ring (bicyclic) bond motifs is 3. The van der Waals surface area contributed by atoms with Crippen LogP contribution in [0.1, 0.15) is 0 Å². The molecule has 0 atom stereocenters. The molecular formula is C53H36NO2P. The van der Waals surface area contributed by atoms with E-state index in [1.165, 1.54) is 0 Å². The first kappa shape index (κ1) is 34.4. The summed E-state index contributed by atoms with van der Waals surface area (Å²) in [4.78, 5) is 5.33. The van der Waals surface area contributed by atoms with Crippen LogP contribution in [0.25, 0.3) is 77.8 Å². The number of furan rings is 1. The predicted octanol–water partition coefficient (Wildman–Crippen LogP) is 13.0. The van der Waals surface area contributed by atoms with E-state index in [0.717, 1.165) is 93.7 Å². The van der Waals surface area contributed by atoms with Crippen LogP contribution in [0.15, 0.2) is 223 Å². The number of aromatic nitrogens is 1. The predicted molar refractivity (Wildman–Crippen MR) is 238 cm³/mol. The lowest BCUT2D eigenvalue weighted by Crippen LogP contribution is -2.24. The van der Waals surface area contributed by atoms with Gasteiger partial charge in [0.15, 0.2) is 7.14 Å². The summed E-state index contributed by atoms with van der Waals surface area (Å²) in [5.41, 5.74) is 10.7. The van der Waals surface area contributed by atoms with Gasteiger partial charge >= 0.3 is 0 Å². The maximum Gasteiger partial charge on any atom is 0.171 e. The highest BCUT2D eigenvalue weighted by Crippen LogP contribution is 2.49. The number of para-hydroxylation sites is 1. The van der Waals surface area contributed by atoms with Gasteiger partial charge in [-0.3, -0.25) is 0 Å². The van der Waals surface area contributed by atoms with E-state index < -0.39 is 7.14 Å². The standard InChI is InChI=1S/C53H36NO2P/c55-57(44-24-12-4-13-25-44,45-26-14-5-15-27-45)46-32-30-39(31-33-46)49-50-51(40-22-10-3-11-23-40)54-48-29-17-16-28-47(48)53(50)56-52(49)43-35-41(37-18-6-1-7-19-37)34-42(36-43)38-20-8-2-9-21-38/h1-36H. The Morgan fingerprint density at radius 1 is 0.386 bits per heavy atom. The minimum Gasteiger partial charge on any atom is -0.455 e. The van der Waals surface area contributed by atoms with E-state index in [-0.39, 0.29) is 0 Å². The fourth-order valence-corrected chi connectivity index (χ4v) is 10.6. The van der Waals surface area contributed by atoms with E-state index in [1.54, 1.807) is 0 Å². The van der Waals surface area contributed by atoms with E-state index in [4.69, 9.17) is 9.40 Å². The van der Waals surface area contributed by atoms with Gasteiger partial charge in [-0.15, -0.1) is 0 Å². The van der Waals surface area contributed by atoms with Gasteiger partial charge in [-0.2, -0.15) is 0 Å². The quantitative estimate of drug-likeness (QED) is 0.145. The van der Waals surface area contributed by atoms with Gasteiger partial charge in [0, 0.05) is 38.0 Å². The number of hydrogen-bond donors (Lipinski definition) is 0. The third-order valence-electron chi connectivity index (χ3n) is 10.7. The minimum atomic E-state index is -3.20. The van der Waals surface area contributed by atoms with E-state index in [9.17, 15) is 0 Å². The van der Waals surface area contributed by atoms with Crippen LogP contribution < -0.4 is 15.9 Å². The molecule has 2 aromatic heterocycles. The van der Waals surface area contributed by atoms with Crippen molar-refractivity contribution in [3.63, 3.8) is 0 Å². The summed E-state index contributed by atoms with van der Waals surface area (Å²) in [5.74, 6) is 0.748. The molecule has 0 aliphatic heterocycles. The molecule has 0 aliphatic rings. The zero-order valence-corrected chi connectivity index (χ0v) is 31.9. The summed E-state index contributed by atoms with van der Waals surface area (Å²) in [6, 6.07) is 74.1. The van der Waals surface area contributed by atoms with Gasteiger partial charge in [-0.05, 0) is 58.1 Å². The highest BCUT2D eigenvalue weighted by atomic mass is 31.2. The van der Waals surface area contributed by atoms with Crippen molar-refractivity contribution in [2.75, 3.05) is 0 Å². The number of pyridine rings is 1. The molecule has 0 saturated heterocycles. The van der Waals surface area contributed by atoms with Crippen molar-refractivity contribution in [2.45, 2.75) is 0 Å². The highest BCUT2D eigenvalue weighted by Gasteiger charge is 2.30. The van der Waals surface area contributed by atoms with E-state index in [2.05, 4.69) is 97.1 Å². The summed E-state index contributed by atoms with van der Waals surface area (Å²) >= 11 is 0. The van der Waals surface area contributed by atoms with E-state index in [0.29, 0.717) is 0 Å². The Bertz CT molecular complexity index is 2950. The largest absolute Gasteiger partial charge is 0.455 e. The molecule has 4 heteroatoms. The fraction of sp³-hybridized carbons (Fsp3) is 0. The second kappa shape index (κ2) is 14.5. The highest BCUT2D eigenvalue weighted by molar-refractivity contribution is 7.85. The van der Waals surface area contributed by atoms with Gasteiger partial charge in [0.1, 0.15) is 11.3 Å². The molecular weight excluding hydrogens is 714 g/mol. The van der Waals surface area contributed by atoms with Gasteiger partial charge in [0.2, 0.25) is 0 Å². The van der Waals surface area contributed by atoms with Crippen LogP contribution in [-0.2, 0) is 4.57 Å². The van der Waals surface area contributed by atoms with Crippen molar-refractivity contribution < 1.29 is 8.98 Å². The van der Waals surface area contributed by atoms with Crippen LogP contribution in [0.5, 0.6) is 0 Å². The van der Waals surface area contributed by atoms with Crippen molar-refractivity contribution in [1.82, 2.24) is 4.98 Å². The molecule has 0 radical (unpaired) electrons. The summed E-state index contributed by atoms with van der Waals surface area (Å²) < 4.78 is 22.7. The first-order valence-electron chi connectivity index (χ1n) is 19.1. The van der Waals surface area contributed by atoms with Crippen molar-refractivity contribution in [3.8, 4) is 56.0 Å². The van der Waals surface area contributed by atoms with Gasteiger partial charge in [0.25, 0.3) is 0 Å². The van der Waals surface area contributed by atoms with E-state index >= 15 is 4.57 Å². The third kappa shape index (κ3) is 6.19. The Kier molecular flexibility index (Phi) is 8.79. The summed E-state index contributed by atoms with van der Waals surface area (Å²) in [7, 11) is -3.20. The Hall–Kier alpha value is -7.06. The van der Waals surface area contributed by atoms with Crippen molar-refractivity contribution in [1.29, 1.82) is 0 Å². The molecule has 0 unspecified atom stereocenters. The van der Waals surface area contributed by atoms with Gasteiger partial charge in [0.05, 0.1) is 16.6 Å². The van der Waals surface area contributed by atoms with Gasteiger partial charge in [-0.25, -0.2) is 4.98 Å². The molecule has 0 fully saturated rings. The zero-order valence-electron chi connectivity index (χ0n) is 31.0. The maximum absolute atomic E-state index is 15.4. The van der Waals surface area contributed by atoms with Crippen LogP contribution in [-0.4, -0.2) is 4.98 Å². The molecule has 270 valence electrons. The Morgan fingerprint density at radius 2 is 0.825 bits per heavy atom. The van der Waals surface area contributed by atoms with Crippen molar-refractivity contribution in [3.05, 3.63) is 218 Å². The van der Waals surface area contributed by atoms with Gasteiger partial charge in [-0.1, -0.05) is 188 Å². The molecule has 2 heterocycles. The van der Waals surface area contributed by atoms with Crippen LogP contribution >= 0.6 is 7.14 Å². The molecule has 0 N–H and O–H groups in total. The second-order valence-corrected chi connectivity index (χ2v) is 17.0. The second-order valence-electron chi connectivity index (χ2n) is 14.2. The lowest BCUT2D eigenvalue weighted by molar-refractivity contribution is 0.592. The monoisotopic (exact) mass is 749 g/mol.